The highest BCUT2D eigenvalue weighted by Gasteiger charge is 2.39. The van der Waals surface area contributed by atoms with Crippen molar-refractivity contribution in [3.63, 3.8) is 0 Å². The maximum atomic E-state index is 12.3. The van der Waals surface area contributed by atoms with E-state index in [1.807, 2.05) is 0 Å². The maximum Gasteiger partial charge on any atom is 0.389 e. The second kappa shape index (κ2) is 6.25. The predicted molar refractivity (Wildman–Crippen MR) is 77.1 cm³/mol. The van der Waals surface area contributed by atoms with Crippen molar-refractivity contribution in [2.75, 3.05) is 31.1 Å². The third-order valence-electron chi connectivity index (χ3n) is 4.07. The number of nitrogens with zero attached hydrogens (tertiary/aromatic N) is 4. The Balaban J connectivity index is 1.71. The Bertz CT molecular complexity index is 652. The smallest absolute Gasteiger partial charge is 0.345 e. The van der Waals surface area contributed by atoms with E-state index in [9.17, 15) is 22.8 Å². The lowest BCUT2D eigenvalue weighted by atomic mass is 10.1. The lowest BCUT2D eigenvalue weighted by molar-refractivity contribution is -0.146. The third kappa shape index (κ3) is 3.57. The van der Waals surface area contributed by atoms with Gasteiger partial charge in [0.2, 0.25) is 17.8 Å². The minimum atomic E-state index is -4.24. The minimum Gasteiger partial charge on any atom is -0.345 e. The Morgan fingerprint density at radius 2 is 2.08 bits per heavy atom. The molecule has 0 saturated carbocycles. The van der Waals surface area contributed by atoms with E-state index in [0.29, 0.717) is 18.8 Å². The number of rotatable bonds is 3. The first-order valence-corrected chi connectivity index (χ1v) is 7.54. The molecule has 2 amide bonds. The van der Waals surface area contributed by atoms with E-state index in [4.69, 9.17) is 0 Å². The standard InChI is InChI=1S/C14H16F3N5O2/c15-14(16,17)3-1-9-2-4-18-13(20-9)21-5-6-22-10(8-21)12(24)19-7-11(22)23/h2,4,10H,1,3,5-8H2,(H,19,24)/t10-/m0/s1. The summed E-state index contributed by atoms with van der Waals surface area (Å²) >= 11 is 0. The molecule has 1 atom stereocenters. The maximum absolute atomic E-state index is 12.3. The van der Waals surface area contributed by atoms with Crippen molar-refractivity contribution in [3.05, 3.63) is 18.0 Å². The molecule has 7 nitrogen and oxygen atoms in total. The number of aryl methyl sites for hydroxylation is 1. The molecule has 0 unspecified atom stereocenters. The van der Waals surface area contributed by atoms with E-state index in [2.05, 4.69) is 15.3 Å². The van der Waals surface area contributed by atoms with E-state index in [1.165, 1.54) is 17.2 Å². The summed E-state index contributed by atoms with van der Waals surface area (Å²) in [6.45, 7) is 1.00. The molecule has 2 aliphatic rings. The van der Waals surface area contributed by atoms with Crippen molar-refractivity contribution in [1.82, 2.24) is 20.2 Å². The summed E-state index contributed by atoms with van der Waals surface area (Å²) in [5.41, 5.74) is 0.295. The van der Waals surface area contributed by atoms with Gasteiger partial charge in [-0.2, -0.15) is 13.2 Å². The fraction of sp³-hybridized carbons (Fsp3) is 0.571. The van der Waals surface area contributed by atoms with Crippen molar-refractivity contribution in [3.8, 4) is 0 Å². The van der Waals surface area contributed by atoms with E-state index in [-0.39, 0.29) is 37.3 Å². The number of halogens is 3. The van der Waals surface area contributed by atoms with E-state index >= 15 is 0 Å². The Morgan fingerprint density at radius 1 is 1.29 bits per heavy atom. The molecule has 0 aromatic carbocycles. The minimum absolute atomic E-state index is 0.00123. The zero-order valence-corrected chi connectivity index (χ0v) is 12.7. The van der Waals surface area contributed by atoms with Crippen LogP contribution in [0, 0.1) is 0 Å². The van der Waals surface area contributed by atoms with Gasteiger partial charge >= 0.3 is 6.18 Å². The van der Waals surface area contributed by atoms with Crippen LogP contribution < -0.4 is 10.2 Å². The Labute approximate surface area is 135 Å². The first kappa shape index (κ1) is 16.5. The summed E-state index contributed by atoms with van der Waals surface area (Å²) in [6, 6.07) is 0.824. The number of piperazine rings is 2. The molecule has 3 rings (SSSR count). The number of anilines is 1. The highest BCUT2D eigenvalue weighted by atomic mass is 19.4. The third-order valence-corrected chi connectivity index (χ3v) is 4.07. The fourth-order valence-corrected chi connectivity index (χ4v) is 2.82. The molecule has 10 heteroatoms. The molecule has 1 aromatic rings. The first-order valence-electron chi connectivity index (χ1n) is 7.54. The lowest BCUT2D eigenvalue weighted by Crippen LogP contribution is -2.66. The van der Waals surface area contributed by atoms with Crippen LogP contribution in [-0.2, 0) is 16.0 Å². The van der Waals surface area contributed by atoms with Crippen molar-refractivity contribution < 1.29 is 22.8 Å². The van der Waals surface area contributed by atoms with Crippen molar-refractivity contribution in [1.29, 1.82) is 0 Å². The second-order valence-electron chi connectivity index (χ2n) is 5.73. The summed E-state index contributed by atoms with van der Waals surface area (Å²) < 4.78 is 37.0. The molecule has 130 valence electrons. The van der Waals surface area contributed by atoms with Gasteiger partial charge in [-0.1, -0.05) is 0 Å². The molecule has 0 radical (unpaired) electrons. The highest BCUT2D eigenvalue weighted by Crippen LogP contribution is 2.22. The van der Waals surface area contributed by atoms with Crippen LogP contribution in [0.2, 0.25) is 0 Å². The highest BCUT2D eigenvalue weighted by molar-refractivity contribution is 5.95. The number of carbonyl (C=O) groups is 2. The summed E-state index contributed by atoms with van der Waals surface area (Å²) in [5, 5.41) is 2.53. The fourth-order valence-electron chi connectivity index (χ4n) is 2.82. The zero-order valence-electron chi connectivity index (χ0n) is 12.7. The first-order chi connectivity index (χ1) is 11.3. The van der Waals surface area contributed by atoms with Crippen LogP contribution in [-0.4, -0.2) is 65.1 Å². The number of carbonyl (C=O) groups excluding carboxylic acids is 2. The molecule has 2 fully saturated rings. The van der Waals surface area contributed by atoms with Crippen molar-refractivity contribution >= 4 is 17.8 Å². The van der Waals surface area contributed by atoms with Crippen molar-refractivity contribution in [2.24, 2.45) is 0 Å². The molecule has 0 spiro atoms. The van der Waals surface area contributed by atoms with Gasteiger partial charge in [0.15, 0.2) is 0 Å². The lowest BCUT2D eigenvalue weighted by Gasteiger charge is -2.42. The zero-order chi connectivity index (χ0) is 17.3. The average molecular weight is 343 g/mol. The average Bonchev–Trinajstić information content (AvgIpc) is 2.56. The molecular weight excluding hydrogens is 327 g/mol. The van der Waals surface area contributed by atoms with Crippen LogP contribution in [0.5, 0.6) is 0 Å². The van der Waals surface area contributed by atoms with Gasteiger partial charge in [-0.25, -0.2) is 9.97 Å². The summed E-state index contributed by atoms with van der Waals surface area (Å²) in [7, 11) is 0. The number of nitrogens with one attached hydrogen (secondary N) is 1. The number of aromatic nitrogens is 2. The van der Waals surface area contributed by atoms with Gasteiger partial charge in [-0.05, 0) is 12.5 Å². The Kier molecular flexibility index (Phi) is 4.29. The van der Waals surface area contributed by atoms with E-state index in [0.717, 1.165) is 0 Å². The predicted octanol–water partition coefficient (Wildman–Crippen LogP) is 0.118. The summed E-state index contributed by atoms with van der Waals surface area (Å²) in [5.74, 6) is -0.105. The van der Waals surface area contributed by atoms with Gasteiger partial charge in [-0.3, -0.25) is 9.59 Å². The molecule has 2 saturated heterocycles. The molecular formula is C14H16F3N5O2. The molecule has 1 aromatic heterocycles. The molecule has 2 aliphatic heterocycles. The number of hydrogen-bond donors (Lipinski definition) is 1. The van der Waals surface area contributed by atoms with Gasteiger partial charge in [-0.15, -0.1) is 0 Å². The SMILES string of the molecule is O=C1NCC(=O)N2CCN(c3nccc(CCC(F)(F)F)n3)C[C@@H]12. The Hall–Kier alpha value is -2.39. The summed E-state index contributed by atoms with van der Waals surface area (Å²) in [6.07, 6.45) is -4.00. The quantitative estimate of drug-likeness (QED) is 0.843. The van der Waals surface area contributed by atoms with Crippen LogP contribution >= 0.6 is 0 Å². The topological polar surface area (TPSA) is 78.4 Å². The van der Waals surface area contributed by atoms with Crippen LogP contribution in [0.15, 0.2) is 12.3 Å². The van der Waals surface area contributed by atoms with Crippen LogP contribution in [0.3, 0.4) is 0 Å². The molecule has 0 bridgehead atoms. The largest absolute Gasteiger partial charge is 0.389 e. The molecule has 0 aliphatic carbocycles. The monoisotopic (exact) mass is 343 g/mol. The van der Waals surface area contributed by atoms with Crippen LogP contribution in [0.25, 0.3) is 0 Å². The molecule has 24 heavy (non-hydrogen) atoms. The normalized spacial score (nSPS) is 21.5. The van der Waals surface area contributed by atoms with Gasteiger partial charge in [0.25, 0.3) is 0 Å². The number of amides is 2. The second-order valence-corrected chi connectivity index (χ2v) is 5.73. The van der Waals surface area contributed by atoms with Gasteiger partial charge in [0.05, 0.1) is 13.1 Å². The van der Waals surface area contributed by atoms with Gasteiger partial charge in [0, 0.05) is 31.4 Å². The van der Waals surface area contributed by atoms with E-state index in [1.54, 1.807) is 4.90 Å². The Morgan fingerprint density at radius 3 is 2.83 bits per heavy atom. The number of fused-ring (bicyclic) bond motifs is 1. The molecule has 1 N–H and O–H groups in total. The summed E-state index contributed by atoms with van der Waals surface area (Å²) in [4.78, 5) is 35.2. The van der Waals surface area contributed by atoms with E-state index < -0.39 is 18.6 Å². The van der Waals surface area contributed by atoms with Crippen molar-refractivity contribution in [2.45, 2.75) is 25.1 Å². The van der Waals surface area contributed by atoms with Crippen LogP contribution in [0.4, 0.5) is 19.1 Å². The molecule has 3 heterocycles. The van der Waals surface area contributed by atoms with Gasteiger partial charge in [0.1, 0.15) is 6.04 Å². The van der Waals surface area contributed by atoms with Crippen LogP contribution in [0.1, 0.15) is 12.1 Å². The van der Waals surface area contributed by atoms with Gasteiger partial charge < -0.3 is 15.1 Å². The number of hydrogen-bond acceptors (Lipinski definition) is 5. The number of alkyl halides is 3.